The number of nitrogen functional groups attached to an aromatic ring is 1. The van der Waals surface area contributed by atoms with E-state index < -0.39 is 0 Å². The van der Waals surface area contributed by atoms with Crippen molar-refractivity contribution >= 4 is 39.2 Å². The van der Waals surface area contributed by atoms with Gasteiger partial charge in [0.15, 0.2) is 11.6 Å². The Labute approximate surface area is 142 Å². The molecule has 1 aromatic heterocycles. The first-order valence-electron chi connectivity index (χ1n) is 7.33. The zero-order chi connectivity index (χ0) is 16.2. The number of carbonyl (C=O) groups excluding carboxylic acids is 1. The van der Waals surface area contributed by atoms with Crippen LogP contribution < -0.4 is 21.5 Å². The monoisotopic (exact) mass is 376 g/mol. The van der Waals surface area contributed by atoms with E-state index in [2.05, 4.69) is 41.6 Å². The minimum atomic E-state index is -0.279. The van der Waals surface area contributed by atoms with Gasteiger partial charge in [0.1, 0.15) is 12.0 Å². The third kappa shape index (κ3) is 3.37. The van der Waals surface area contributed by atoms with Gasteiger partial charge in [-0.2, -0.15) is 0 Å². The summed E-state index contributed by atoms with van der Waals surface area (Å²) in [6.07, 6.45) is 3.70. The summed E-state index contributed by atoms with van der Waals surface area (Å²) in [7, 11) is 0. The van der Waals surface area contributed by atoms with Gasteiger partial charge in [0.2, 0.25) is 0 Å². The highest BCUT2D eigenvalue weighted by Crippen LogP contribution is 2.28. The highest BCUT2D eigenvalue weighted by atomic mass is 79.9. The first-order chi connectivity index (χ1) is 11.2. The quantitative estimate of drug-likeness (QED) is 0.707. The van der Waals surface area contributed by atoms with Gasteiger partial charge in [0, 0.05) is 17.6 Å². The van der Waals surface area contributed by atoms with Crippen molar-refractivity contribution in [2.75, 3.05) is 29.1 Å². The number of amides is 1. The number of hydrogen-bond donors (Lipinski definition) is 3. The van der Waals surface area contributed by atoms with Gasteiger partial charge < -0.3 is 10.6 Å². The fourth-order valence-corrected chi connectivity index (χ4v) is 2.96. The van der Waals surface area contributed by atoms with Gasteiger partial charge in [-0.25, -0.2) is 9.97 Å². The van der Waals surface area contributed by atoms with Crippen LogP contribution in [0.15, 0.2) is 35.1 Å². The second kappa shape index (κ2) is 6.82. The number of hydrazine groups is 1. The maximum atomic E-state index is 12.2. The van der Waals surface area contributed by atoms with Crippen molar-refractivity contribution < 1.29 is 4.79 Å². The molecular weight excluding hydrogens is 360 g/mol. The first-order valence-corrected chi connectivity index (χ1v) is 8.12. The normalized spacial score (nSPS) is 13.9. The van der Waals surface area contributed by atoms with E-state index >= 15 is 0 Å². The number of anilines is 3. The fraction of sp³-hybridized carbons (Fsp3) is 0.267. The predicted octanol–water partition coefficient (Wildman–Crippen LogP) is 2.18. The molecule has 0 saturated carbocycles. The zero-order valence-corrected chi connectivity index (χ0v) is 14.0. The van der Waals surface area contributed by atoms with E-state index in [4.69, 9.17) is 5.73 Å². The van der Waals surface area contributed by atoms with Gasteiger partial charge >= 0.3 is 0 Å². The molecule has 1 fully saturated rings. The molecule has 0 aliphatic carbocycles. The number of nitrogens with two attached hydrogens (primary N) is 1. The molecule has 0 spiro atoms. The summed E-state index contributed by atoms with van der Waals surface area (Å²) in [5.41, 5.74) is 12.5. The third-order valence-corrected chi connectivity index (χ3v) is 4.37. The third-order valence-electron chi connectivity index (χ3n) is 3.68. The lowest BCUT2D eigenvalue weighted by atomic mass is 10.2. The molecule has 0 radical (unpaired) electrons. The number of nitrogens with one attached hydrogen (secondary N) is 2. The molecule has 1 aliphatic heterocycles. The van der Waals surface area contributed by atoms with Crippen molar-refractivity contribution in [3.63, 3.8) is 0 Å². The molecule has 3 rings (SSSR count). The van der Waals surface area contributed by atoms with Crippen LogP contribution in [0.5, 0.6) is 0 Å². The van der Waals surface area contributed by atoms with Crippen LogP contribution in [-0.4, -0.2) is 29.0 Å². The zero-order valence-electron chi connectivity index (χ0n) is 12.4. The average Bonchev–Trinajstić information content (AvgIpc) is 3.08. The van der Waals surface area contributed by atoms with Crippen LogP contribution in [0, 0.1) is 0 Å². The molecule has 2 aromatic rings. The van der Waals surface area contributed by atoms with Crippen LogP contribution in [0.2, 0.25) is 0 Å². The van der Waals surface area contributed by atoms with Crippen LogP contribution in [0.25, 0.3) is 0 Å². The van der Waals surface area contributed by atoms with Crippen LogP contribution in [0.1, 0.15) is 23.2 Å². The molecule has 120 valence electrons. The van der Waals surface area contributed by atoms with E-state index in [1.807, 2.05) is 6.07 Å². The molecule has 23 heavy (non-hydrogen) atoms. The molecule has 1 aliphatic rings. The summed E-state index contributed by atoms with van der Waals surface area (Å²) >= 11 is 3.35. The minimum absolute atomic E-state index is 0.279. The molecule has 0 bridgehead atoms. The van der Waals surface area contributed by atoms with Gasteiger partial charge in [-0.15, -0.1) is 0 Å². The van der Waals surface area contributed by atoms with Gasteiger partial charge in [-0.05, 0) is 40.9 Å². The Balaban J connectivity index is 1.72. The molecule has 1 saturated heterocycles. The summed E-state index contributed by atoms with van der Waals surface area (Å²) in [5, 5.41) is 0. The van der Waals surface area contributed by atoms with E-state index in [-0.39, 0.29) is 5.91 Å². The highest BCUT2D eigenvalue weighted by Gasteiger charge is 2.19. The van der Waals surface area contributed by atoms with E-state index in [1.165, 1.54) is 6.33 Å². The summed E-state index contributed by atoms with van der Waals surface area (Å²) in [5.74, 6) is 0.815. The van der Waals surface area contributed by atoms with E-state index in [0.29, 0.717) is 27.4 Å². The number of hydrogen-bond acceptors (Lipinski definition) is 6. The van der Waals surface area contributed by atoms with Crippen LogP contribution >= 0.6 is 15.9 Å². The second-order valence-electron chi connectivity index (χ2n) is 5.21. The summed E-state index contributed by atoms with van der Waals surface area (Å²) in [4.78, 5) is 22.7. The van der Waals surface area contributed by atoms with Crippen LogP contribution in [0.4, 0.5) is 17.3 Å². The first kappa shape index (κ1) is 15.5. The number of nitrogens with zero attached hydrogens (tertiary/aromatic N) is 3. The van der Waals surface area contributed by atoms with E-state index in [9.17, 15) is 4.79 Å². The standard InChI is InChI=1S/C15H17BrN6O/c16-11-6-2-1-5-10(11)15(23)21-20-13-12(17)14(19-9-18-13)22-7-3-4-8-22/h1-2,5-6,9H,3-4,7-8,17H2,(H,21,23)(H,18,19,20). The van der Waals surface area contributed by atoms with Crippen molar-refractivity contribution in [1.82, 2.24) is 15.4 Å². The molecule has 2 heterocycles. The van der Waals surface area contributed by atoms with Gasteiger partial charge in [0.25, 0.3) is 5.91 Å². The number of halogens is 1. The molecular formula is C15H17BrN6O. The highest BCUT2D eigenvalue weighted by molar-refractivity contribution is 9.10. The van der Waals surface area contributed by atoms with Crippen molar-refractivity contribution in [1.29, 1.82) is 0 Å². The molecule has 8 heteroatoms. The lowest BCUT2D eigenvalue weighted by Gasteiger charge is -2.19. The van der Waals surface area contributed by atoms with Crippen LogP contribution in [0.3, 0.4) is 0 Å². The fourth-order valence-electron chi connectivity index (χ4n) is 2.50. The summed E-state index contributed by atoms with van der Waals surface area (Å²) < 4.78 is 0.715. The molecule has 1 amide bonds. The molecule has 7 nitrogen and oxygen atoms in total. The van der Waals surface area contributed by atoms with Gasteiger partial charge in [0.05, 0.1) is 5.56 Å². The predicted molar refractivity (Wildman–Crippen MR) is 93.1 cm³/mol. The molecule has 0 atom stereocenters. The van der Waals surface area contributed by atoms with Gasteiger partial charge in [-0.1, -0.05) is 12.1 Å². The van der Waals surface area contributed by atoms with E-state index in [0.717, 1.165) is 25.9 Å². The minimum Gasteiger partial charge on any atom is -0.393 e. The lowest BCUT2D eigenvalue weighted by Crippen LogP contribution is -2.31. The Morgan fingerprint density at radius 2 is 1.96 bits per heavy atom. The maximum Gasteiger partial charge on any atom is 0.270 e. The van der Waals surface area contributed by atoms with Gasteiger partial charge in [-0.3, -0.25) is 15.6 Å². The van der Waals surface area contributed by atoms with Crippen molar-refractivity contribution in [3.8, 4) is 0 Å². The Morgan fingerprint density at radius 1 is 1.22 bits per heavy atom. The number of carbonyl (C=O) groups is 1. The Kier molecular flexibility index (Phi) is 4.61. The largest absolute Gasteiger partial charge is 0.393 e. The number of rotatable bonds is 4. The molecule has 4 N–H and O–H groups in total. The SMILES string of the molecule is Nc1c(NNC(=O)c2ccccc2Br)ncnc1N1CCCC1. The summed E-state index contributed by atoms with van der Waals surface area (Å²) in [6, 6.07) is 7.17. The number of aromatic nitrogens is 2. The second-order valence-corrected chi connectivity index (χ2v) is 6.07. The van der Waals surface area contributed by atoms with Crippen LogP contribution in [-0.2, 0) is 0 Å². The maximum absolute atomic E-state index is 12.2. The summed E-state index contributed by atoms with van der Waals surface area (Å²) in [6.45, 7) is 1.87. The molecule has 0 unspecified atom stereocenters. The lowest BCUT2D eigenvalue weighted by molar-refractivity contribution is 0.0962. The Hall–Kier alpha value is -2.35. The average molecular weight is 377 g/mol. The topological polar surface area (TPSA) is 96.2 Å². The van der Waals surface area contributed by atoms with E-state index in [1.54, 1.807) is 18.2 Å². The smallest absolute Gasteiger partial charge is 0.270 e. The Morgan fingerprint density at radius 3 is 2.70 bits per heavy atom. The van der Waals surface area contributed by atoms with Crippen molar-refractivity contribution in [2.24, 2.45) is 0 Å². The van der Waals surface area contributed by atoms with Crippen molar-refractivity contribution in [2.45, 2.75) is 12.8 Å². The molecule has 1 aromatic carbocycles. The van der Waals surface area contributed by atoms with Crippen molar-refractivity contribution in [3.05, 3.63) is 40.6 Å². The number of benzene rings is 1. The Bertz CT molecular complexity index is 717.